The summed E-state index contributed by atoms with van der Waals surface area (Å²) < 4.78 is 31.4. The number of aromatic carboxylic acids is 1. The normalized spacial score (nSPS) is 15.1. The highest BCUT2D eigenvalue weighted by molar-refractivity contribution is 7.89. The first-order valence-electron chi connectivity index (χ1n) is 6.15. The first-order chi connectivity index (χ1) is 9.44. The van der Waals surface area contributed by atoms with Crippen molar-refractivity contribution in [1.82, 2.24) is 9.62 Å². The summed E-state index contributed by atoms with van der Waals surface area (Å²) in [6, 6.07) is 0.945. The van der Waals surface area contributed by atoms with Crippen molar-refractivity contribution in [3.8, 4) is 0 Å². The van der Waals surface area contributed by atoms with Crippen LogP contribution in [-0.2, 0) is 10.0 Å². The number of hydrogen-bond donors (Lipinski definition) is 3. The third-order valence-electron chi connectivity index (χ3n) is 2.67. The third kappa shape index (κ3) is 4.81. The van der Waals surface area contributed by atoms with Gasteiger partial charge in [0.15, 0.2) is 0 Å². The Labute approximate surface area is 123 Å². The molecule has 1 aromatic heterocycles. The van der Waals surface area contributed by atoms with Gasteiger partial charge in [-0.1, -0.05) is 0 Å². The van der Waals surface area contributed by atoms with Crippen LogP contribution in [0.3, 0.4) is 0 Å². The molecule has 0 saturated carbocycles. The van der Waals surface area contributed by atoms with E-state index in [0.29, 0.717) is 0 Å². The number of carboxylic acid groups (broad SMARTS) is 1. The first kappa shape index (κ1) is 17.6. The first-order valence-corrected chi connectivity index (χ1v) is 7.63. The molecular weight excluding hydrogens is 300 g/mol. The molecule has 0 aromatic carbocycles. The number of aliphatic hydroxyl groups is 1. The van der Waals surface area contributed by atoms with E-state index >= 15 is 0 Å². The SMILES string of the molecule is Cc1oc(C(=O)O)cc1S(=O)(=O)NCC(C)(O)CN(C)C. The van der Waals surface area contributed by atoms with Crippen molar-refractivity contribution < 1.29 is 27.8 Å². The van der Waals surface area contributed by atoms with Gasteiger partial charge in [0.2, 0.25) is 15.8 Å². The summed E-state index contributed by atoms with van der Waals surface area (Å²) in [7, 11) is -0.454. The van der Waals surface area contributed by atoms with E-state index in [0.717, 1.165) is 6.07 Å². The Balaban J connectivity index is 2.90. The van der Waals surface area contributed by atoms with Crippen LogP contribution in [0.15, 0.2) is 15.4 Å². The highest BCUT2D eigenvalue weighted by Crippen LogP contribution is 2.20. The van der Waals surface area contributed by atoms with Crippen LogP contribution in [0.25, 0.3) is 0 Å². The number of nitrogens with zero attached hydrogens (tertiary/aromatic N) is 1. The van der Waals surface area contributed by atoms with Crippen molar-refractivity contribution in [2.75, 3.05) is 27.2 Å². The third-order valence-corrected chi connectivity index (χ3v) is 4.18. The van der Waals surface area contributed by atoms with Crippen molar-refractivity contribution in [1.29, 1.82) is 0 Å². The number of nitrogens with one attached hydrogen (secondary N) is 1. The largest absolute Gasteiger partial charge is 0.475 e. The minimum absolute atomic E-state index is 0.0212. The molecule has 1 aromatic rings. The van der Waals surface area contributed by atoms with Crippen LogP contribution in [0.2, 0.25) is 0 Å². The molecule has 8 nitrogen and oxygen atoms in total. The second-order valence-corrected chi connectivity index (χ2v) is 7.13. The summed E-state index contributed by atoms with van der Waals surface area (Å²) in [5, 5.41) is 18.9. The summed E-state index contributed by atoms with van der Waals surface area (Å²) in [5.74, 6) is -1.82. The van der Waals surface area contributed by atoms with Crippen molar-refractivity contribution >= 4 is 16.0 Å². The molecule has 1 heterocycles. The highest BCUT2D eigenvalue weighted by atomic mass is 32.2. The van der Waals surface area contributed by atoms with Crippen LogP contribution in [0.1, 0.15) is 23.2 Å². The lowest BCUT2D eigenvalue weighted by Gasteiger charge is -2.26. The molecule has 0 bridgehead atoms. The van der Waals surface area contributed by atoms with Gasteiger partial charge < -0.3 is 19.5 Å². The molecule has 1 rings (SSSR count). The lowest BCUT2D eigenvalue weighted by molar-refractivity contribution is 0.0386. The van der Waals surface area contributed by atoms with Gasteiger partial charge in [0, 0.05) is 19.2 Å². The minimum Gasteiger partial charge on any atom is -0.475 e. The zero-order valence-electron chi connectivity index (χ0n) is 12.4. The molecule has 0 aliphatic carbocycles. The van der Waals surface area contributed by atoms with Crippen LogP contribution < -0.4 is 4.72 Å². The second kappa shape index (κ2) is 6.14. The quantitative estimate of drug-likeness (QED) is 0.640. The van der Waals surface area contributed by atoms with Gasteiger partial charge in [0.1, 0.15) is 10.7 Å². The molecule has 0 radical (unpaired) electrons. The molecule has 21 heavy (non-hydrogen) atoms. The molecule has 9 heteroatoms. The van der Waals surface area contributed by atoms with E-state index in [2.05, 4.69) is 4.72 Å². The average Bonchev–Trinajstić information content (AvgIpc) is 2.68. The molecule has 3 N–H and O–H groups in total. The van der Waals surface area contributed by atoms with Gasteiger partial charge in [-0.3, -0.25) is 0 Å². The maximum atomic E-state index is 12.1. The zero-order chi connectivity index (χ0) is 16.4. The summed E-state index contributed by atoms with van der Waals surface area (Å²) in [6.07, 6.45) is 0. The Bertz CT molecular complexity index is 618. The van der Waals surface area contributed by atoms with Gasteiger partial charge in [-0.2, -0.15) is 0 Å². The molecule has 0 saturated heterocycles. The maximum absolute atomic E-state index is 12.1. The Morgan fingerprint density at radius 3 is 2.48 bits per heavy atom. The number of carbonyl (C=O) groups is 1. The van der Waals surface area contributed by atoms with Gasteiger partial charge in [0.25, 0.3) is 0 Å². The Kier molecular flexibility index (Phi) is 5.16. The van der Waals surface area contributed by atoms with Gasteiger partial charge in [-0.25, -0.2) is 17.9 Å². The number of furan rings is 1. The Morgan fingerprint density at radius 1 is 1.48 bits per heavy atom. The summed E-state index contributed by atoms with van der Waals surface area (Å²) in [4.78, 5) is 12.3. The molecule has 0 aliphatic heterocycles. The average molecular weight is 320 g/mol. The number of likely N-dealkylation sites (N-methyl/N-ethyl adjacent to an activating group) is 1. The summed E-state index contributed by atoms with van der Waals surface area (Å²) in [6.45, 7) is 2.92. The molecule has 1 atom stereocenters. The minimum atomic E-state index is -3.96. The fourth-order valence-electron chi connectivity index (χ4n) is 1.90. The molecule has 0 spiro atoms. The van der Waals surface area contributed by atoms with E-state index in [1.807, 2.05) is 0 Å². The fourth-order valence-corrected chi connectivity index (χ4v) is 3.24. The van der Waals surface area contributed by atoms with Gasteiger partial charge in [-0.05, 0) is 27.9 Å². The molecule has 0 aliphatic rings. The Morgan fingerprint density at radius 2 is 2.05 bits per heavy atom. The van der Waals surface area contributed by atoms with Crippen LogP contribution in [0.5, 0.6) is 0 Å². The Hall–Kier alpha value is -1.42. The molecule has 120 valence electrons. The van der Waals surface area contributed by atoms with Crippen molar-refractivity contribution in [2.24, 2.45) is 0 Å². The van der Waals surface area contributed by atoms with Gasteiger partial charge in [-0.15, -0.1) is 0 Å². The van der Waals surface area contributed by atoms with E-state index in [9.17, 15) is 18.3 Å². The lowest BCUT2D eigenvalue weighted by atomic mass is 10.1. The molecule has 1 unspecified atom stereocenters. The van der Waals surface area contributed by atoms with Gasteiger partial charge in [0.05, 0.1) is 5.60 Å². The van der Waals surface area contributed by atoms with Crippen LogP contribution in [0, 0.1) is 6.92 Å². The van der Waals surface area contributed by atoms with Crippen LogP contribution in [0.4, 0.5) is 0 Å². The van der Waals surface area contributed by atoms with E-state index in [1.165, 1.54) is 13.8 Å². The molecule has 0 fully saturated rings. The zero-order valence-corrected chi connectivity index (χ0v) is 13.2. The summed E-state index contributed by atoms with van der Waals surface area (Å²) >= 11 is 0. The number of sulfonamides is 1. The number of rotatable bonds is 7. The monoisotopic (exact) mass is 320 g/mol. The van der Waals surface area contributed by atoms with Gasteiger partial charge >= 0.3 is 5.97 Å². The van der Waals surface area contributed by atoms with Crippen LogP contribution in [-0.4, -0.2) is 62.3 Å². The smallest absolute Gasteiger partial charge is 0.371 e. The van der Waals surface area contributed by atoms with E-state index < -0.39 is 27.4 Å². The molecular formula is C12H20N2O6S. The maximum Gasteiger partial charge on any atom is 0.371 e. The molecule has 0 amide bonds. The van der Waals surface area contributed by atoms with Crippen molar-refractivity contribution in [2.45, 2.75) is 24.3 Å². The summed E-state index contributed by atoms with van der Waals surface area (Å²) in [5.41, 5.74) is -1.26. The second-order valence-electron chi connectivity index (χ2n) is 5.40. The number of aryl methyl sites for hydroxylation is 1. The predicted molar refractivity (Wildman–Crippen MR) is 74.8 cm³/mol. The number of carboxylic acids is 1. The number of hydrogen-bond acceptors (Lipinski definition) is 6. The van der Waals surface area contributed by atoms with E-state index in [4.69, 9.17) is 9.52 Å². The van der Waals surface area contributed by atoms with Crippen molar-refractivity contribution in [3.63, 3.8) is 0 Å². The topological polar surface area (TPSA) is 120 Å². The standard InChI is InChI=1S/C12H20N2O6S/c1-8-10(5-9(20-8)11(15)16)21(18,19)13-6-12(2,17)7-14(3)4/h5,13,17H,6-7H2,1-4H3,(H,15,16). The van der Waals surface area contributed by atoms with E-state index in [1.54, 1.807) is 19.0 Å². The van der Waals surface area contributed by atoms with Crippen molar-refractivity contribution in [3.05, 3.63) is 17.6 Å². The fraction of sp³-hybridized carbons (Fsp3) is 0.583. The van der Waals surface area contributed by atoms with Crippen LogP contribution >= 0.6 is 0 Å². The lowest BCUT2D eigenvalue weighted by Crippen LogP contribution is -2.47. The highest BCUT2D eigenvalue weighted by Gasteiger charge is 2.28. The predicted octanol–water partition coefficient (Wildman–Crippen LogP) is -0.123. The van der Waals surface area contributed by atoms with E-state index in [-0.39, 0.29) is 23.7 Å².